The second-order valence-electron chi connectivity index (χ2n) is 3.25. The molecule has 1 heterocycles. The largest absolute Gasteiger partial charge is 0.316 e. The van der Waals surface area contributed by atoms with E-state index in [9.17, 15) is 17.2 Å². The van der Waals surface area contributed by atoms with E-state index < -0.39 is 28.3 Å². The van der Waals surface area contributed by atoms with E-state index in [2.05, 4.69) is 5.32 Å². The van der Waals surface area contributed by atoms with Crippen molar-refractivity contribution in [2.45, 2.75) is 6.43 Å². The Morgan fingerprint density at radius 3 is 2.43 bits per heavy atom. The SMILES string of the molecule is Cl.NS(=O)(=O)CC1CNCC1C(F)F. The van der Waals surface area contributed by atoms with Crippen LogP contribution in [0.5, 0.6) is 0 Å². The molecule has 1 fully saturated rings. The fourth-order valence-electron chi connectivity index (χ4n) is 1.53. The van der Waals surface area contributed by atoms with Gasteiger partial charge in [0.15, 0.2) is 0 Å². The van der Waals surface area contributed by atoms with Gasteiger partial charge < -0.3 is 5.32 Å². The lowest BCUT2D eigenvalue weighted by molar-refractivity contribution is 0.0690. The zero-order chi connectivity index (χ0) is 10.1. The summed E-state index contributed by atoms with van der Waals surface area (Å²) in [6.07, 6.45) is -2.48. The molecule has 14 heavy (non-hydrogen) atoms. The summed E-state index contributed by atoms with van der Waals surface area (Å²) >= 11 is 0. The number of hydrogen-bond acceptors (Lipinski definition) is 3. The van der Waals surface area contributed by atoms with Crippen molar-refractivity contribution in [3.8, 4) is 0 Å². The van der Waals surface area contributed by atoms with Gasteiger partial charge >= 0.3 is 0 Å². The van der Waals surface area contributed by atoms with Crippen LogP contribution in [0.1, 0.15) is 0 Å². The van der Waals surface area contributed by atoms with E-state index in [0.717, 1.165) is 0 Å². The van der Waals surface area contributed by atoms with Gasteiger partial charge in [-0.3, -0.25) is 0 Å². The van der Waals surface area contributed by atoms with Crippen molar-refractivity contribution < 1.29 is 17.2 Å². The Morgan fingerprint density at radius 2 is 2.00 bits per heavy atom. The highest BCUT2D eigenvalue weighted by atomic mass is 35.5. The Labute approximate surface area is 87.7 Å². The van der Waals surface area contributed by atoms with E-state index in [1.54, 1.807) is 0 Å². The van der Waals surface area contributed by atoms with Crippen molar-refractivity contribution in [1.29, 1.82) is 0 Å². The fourth-order valence-corrected chi connectivity index (χ4v) is 2.49. The molecular weight excluding hydrogens is 238 g/mol. The predicted molar refractivity (Wildman–Crippen MR) is 51.1 cm³/mol. The molecule has 0 aromatic heterocycles. The number of halogens is 3. The lowest BCUT2D eigenvalue weighted by Gasteiger charge is -2.15. The lowest BCUT2D eigenvalue weighted by Crippen LogP contribution is -2.30. The van der Waals surface area contributed by atoms with Crippen LogP contribution in [-0.4, -0.2) is 33.7 Å². The highest BCUT2D eigenvalue weighted by Crippen LogP contribution is 2.24. The molecule has 0 amide bonds. The first-order chi connectivity index (χ1) is 5.90. The molecule has 0 spiro atoms. The summed E-state index contributed by atoms with van der Waals surface area (Å²) in [4.78, 5) is 0. The third-order valence-corrected chi connectivity index (χ3v) is 3.05. The first kappa shape index (κ1) is 14.0. The molecule has 1 saturated heterocycles. The molecule has 1 rings (SSSR count). The van der Waals surface area contributed by atoms with Crippen molar-refractivity contribution in [3.63, 3.8) is 0 Å². The summed E-state index contributed by atoms with van der Waals surface area (Å²) in [6.45, 7) is 0.462. The Balaban J connectivity index is 0.00000169. The van der Waals surface area contributed by atoms with Crippen molar-refractivity contribution in [2.24, 2.45) is 17.0 Å². The van der Waals surface area contributed by atoms with Gasteiger partial charge in [0.2, 0.25) is 16.4 Å². The minimum atomic E-state index is -3.65. The molecule has 0 aromatic rings. The van der Waals surface area contributed by atoms with Gasteiger partial charge in [0, 0.05) is 12.5 Å². The van der Waals surface area contributed by atoms with Gasteiger partial charge in [-0.25, -0.2) is 22.3 Å². The molecule has 3 N–H and O–H groups in total. The van der Waals surface area contributed by atoms with Crippen LogP contribution >= 0.6 is 12.4 Å². The molecule has 0 aliphatic carbocycles. The molecule has 0 radical (unpaired) electrons. The molecular formula is C6H13ClF2N2O2S. The number of alkyl halides is 2. The van der Waals surface area contributed by atoms with E-state index in [1.807, 2.05) is 0 Å². The third kappa shape index (κ3) is 4.04. The van der Waals surface area contributed by atoms with Crippen LogP contribution in [0, 0.1) is 11.8 Å². The van der Waals surface area contributed by atoms with Gasteiger partial charge in [0.25, 0.3) is 0 Å². The highest BCUT2D eigenvalue weighted by molar-refractivity contribution is 7.89. The first-order valence-corrected chi connectivity index (χ1v) is 5.61. The number of sulfonamides is 1. The number of rotatable bonds is 3. The minimum absolute atomic E-state index is 0. The maximum Gasteiger partial charge on any atom is 0.242 e. The topological polar surface area (TPSA) is 72.2 Å². The zero-order valence-corrected chi connectivity index (χ0v) is 8.95. The van der Waals surface area contributed by atoms with Crippen LogP contribution in [0.3, 0.4) is 0 Å². The van der Waals surface area contributed by atoms with E-state index in [-0.39, 0.29) is 24.7 Å². The summed E-state index contributed by atoms with van der Waals surface area (Å²) in [6, 6.07) is 0. The maximum atomic E-state index is 12.3. The number of nitrogens with two attached hydrogens (primary N) is 1. The van der Waals surface area contributed by atoms with Crippen molar-refractivity contribution in [3.05, 3.63) is 0 Å². The van der Waals surface area contributed by atoms with Crippen molar-refractivity contribution >= 4 is 22.4 Å². The summed E-state index contributed by atoms with van der Waals surface area (Å²) in [7, 11) is -3.65. The number of primary sulfonamides is 1. The average Bonchev–Trinajstić information content (AvgIpc) is 2.31. The molecule has 86 valence electrons. The Kier molecular flexibility index (Phi) is 5.21. The smallest absolute Gasteiger partial charge is 0.242 e. The Morgan fingerprint density at radius 1 is 1.43 bits per heavy atom. The zero-order valence-electron chi connectivity index (χ0n) is 7.32. The minimum Gasteiger partial charge on any atom is -0.316 e. The molecule has 2 atom stereocenters. The summed E-state index contributed by atoms with van der Waals surface area (Å²) < 4.78 is 45.9. The summed E-state index contributed by atoms with van der Waals surface area (Å²) in [5, 5.41) is 7.50. The molecule has 2 unspecified atom stereocenters. The summed E-state index contributed by atoms with van der Waals surface area (Å²) in [5.74, 6) is -1.82. The van der Waals surface area contributed by atoms with E-state index in [0.29, 0.717) is 6.54 Å². The van der Waals surface area contributed by atoms with E-state index in [4.69, 9.17) is 5.14 Å². The molecule has 1 aliphatic heterocycles. The molecule has 1 aliphatic rings. The van der Waals surface area contributed by atoms with E-state index >= 15 is 0 Å². The monoisotopic (exact) mass is 250 g/mol. The van der Waals surface area contributed by atoms with E-state index in [1.165, 1.54) is 0 Å². The first-order valence-electron chi connectivity index (χ1n) is 3.89. The second-order valence-corrected chi connectivity index (χ2v) is 4.91. The van der Waals surface area contributed by atoms with Gasteiger partial charge in [-0.2, -0.15) is 0 Å². The van der Waals surface area contributed by atoms with Crippen LogP contribution < -0.4 is 10.5 Å². The van der Waals surface area contributed by atoms with Crippen LogP contribution in [0.25, 0.3) is 0 Å². The molecule has 0 aromatic carbocycles. The second kappa shape index (κ2) is 5.20. The molecule has 8 heteroatoms. The molecule has 0 saturated carbocycles. The predicted octanol–water partition coefficient (Wildman–Crippen LogP) is -0.203. The van der Waals surface area contributed by atoms with Crippen LogP contribution in [0.4, 0.5) is 8.78 Å². The maximum absolute atomic E-state index is 12.3. The number of nitrogens with one attached hydrogen (secondary N) is 1. The quantitative estimate of drug-likeness (QED) is 0.729. The van der Waals surface area contributed by atoms with Gasteiger partial charge in [0.1, 0.15) is 0 Å². The Bertz CT molecular complexity index is 273. The lowest BCUT2D eigenvalue weighted by atomic mass is 9.99. The van der Waals surface area contributed by atoms with Crippen LogP contribution in [0.2, 0.25) is 0 Å². The molecule has 4 nitrogen and oxygen atoms in total. The third-order valence-electron chi connectivity index (χ3n) is 2.16. The van der Waals surface area contributed by atoms with Gasteiger partial charge in [-0.1, -0.05) is 0 Å². The van der Waals surface area contributed by atoms with Crippen LogP contribution in [0.15, 0.2) is 0 Å². The number of hydrogen-bond donors (Lipinski definition) is 2. The van der Waals surface area contributed by atoms with Crippen molar-refractivity contribution in [1.82, 2.24) is 5.32 Å². The standard InChI is InChI=1S/C6H12F2N2O2S.ClH/c7-6(8)5-2-10-1-4(5)3-13(9,11)12;/h4-6,10H,1-3H2,(H2,9,11,12);1H. The van der Waals surface area contributed by atoms with Crippen LogP contribution in [-0.2, 0) is 10.0 Å². The van der Waals surface area contributed by atoms with Gasteiger partial charge in [-0.05, 0) is 12.5 Å². The van der Waals surface area contributed by atoms with Gasteiger partial charge in [0.05, 0.1) is 5.75 Å². The summed E-state index contributed by atoms with van der Waals surface area (Å²) in [5.41, 5.74) is 0. The highest BCUT2D eigenvalue weighted by Gasteiger charge is 2.35. The average molecular weight is 251 g/mol. The Hall–Kier alpha value is 0.0200. The van der Waals surface area contributed by atoms with Crippen molar-refractivity contribution in [2.75, 3.05) is 18.8 Å². The molecule has 0 bridgehead atoms. The van der Waals surface area contributed by atoms with Gasteiger partial charge in [-0.15, -0.1) is 12.4 Å². The fraction of sp³-hybridized carbons (Fsp3) is 1.00. The normalized spacial score (nSPS) is 27.7.